The molecule has 0 radical (unpaired) electrons. The third-order valence-electron chi connectivity index (χ3n) is 3.51. The van der Waals surface area contributed by atoms with Crippen LogP contribution in [0.3, 0.4) is 0 Å². The van der Waals surface area contributed by atoms with E-state index in [1.165, 1.54) is 19.3 Å². The highest BCUT2D eigenvalue weighted by Gasteiger charge is 2.18. The van der Waals surface area contributed by atoms with Gasteiger partial charge in [-0.1, -0.05) is 53.4 Å². The molecule has 0 saturated carbocycles. The average Bonchev–Trinajstić information content (AvgIpc) is 2.35. The third-order valence-corrected chi connectivity index (χ3v) is 3.51. The smallest absolute Gasteiger partial charge is 0.315 e. The van der Waals surface area contributed by atoms with Crippen LogP contribution in [0.1, 0.15) is 66.2 Å². The van der Waals surface area contributed by atoms with Gasteiger partial charge in [0.25, 0.3) is 0 Å². The van der Waals surface area contributed by atoms with Gasteiger partial charge in [0, 0.05) is 12.6 Å². The van der Waals surface area contributed by atoms with Gasteiger partial charge < -0.3 is 15.7 Å². The molecule has 0 aliphatic carbocycles. The van der Waals surface area contributed by atoms with Gasteiger partial charge in [-0.15, -0.1) is 0 Å². The second kappa shape index (κ2) is 11.4. The number of urea groups is 1. The highest BCUT2D eigenvalue weighted by molar-refractivity contribution is 5.75. The maximum Gasteiger partial charge on any atom is 0.315 e. The van der Waals surface area contributed by atoms with Crippen LogP contribution < -0.4 is 10.6 Å². The van der Waals surface area contributed by atoms with Crippen LogP contribution in [0.4, 0.5) is 4.79 Å². The minimum Gasteiger partial charge on any atom is -0.481 e. The standard InChI is InChI=1S/C16H32N2O3/c1-12(2)9-7-5-6-8-10-17-16(21)18-14(13(3)4)11-15(19)20/h12-14H,5-11H2,1-4H3,(H,19,20)(H2,17,18,21). The molecule has 0 aromatic rings. The summed E-state index contributed by atoms with van der Waals surface area (Å²) in [7, 11) is 0. The third kappa shape index (κ3) is 12.2. The number of carbonyl (C=O) groups is 2. The molecule has 0 aliphatic rings. The Bertz CT molecular complexity index is 304. The van der Waals surface area contributed by atoms with E-state index in [9.17, 15) is 9.59 Å². The summed E-state index contributed by atoms with van der Waals surface area (Å²) >= 11 is 0. The zero-order valence-corrected chi connectivity index (χ0v) is 13.9. The molecule has 3 N–H and O–H groups in total. The SMILES string of the molecule is CC(C)CCCCCCNC(=O)NC(CC(=O)O)C(C)C. The number of amides is 2. The summed E-state index contributed by atoms with van der Waals surface area (Å²) in [4.78, 5) is 22.4. The monoisotopic (exact) mass is 300 g/mol. The molecule has 2 amide bonds. The first-order valence-corrected chi connectivity index (χ1v) is 8.09. The number of carboxylic acids is 1. The highest BCUT2D eigenvalue weighted by atomic mass is 16.4. The van der Waals surface area contributed by atoms with Gasteiger partial charge in [0.05, 0.1) is 6.42 Å². The lowest BCUT2D eigenvalue weighted by Gasteiger charge is -2.20. The van der Waals surface area contributed by atoms with E-state index in [4.69, 9.17) is 5.11 Å². The van der Waals surface area contributed by atoms with Crippen molar-refractivity contribution in [3.8, 4) is 0 Å². The van der Waals surface area contributed by atoms with E-state index < -0.39 is 5.97 Å². The van der Waals surface area contributed by atoms with Crippen molar-refractivity contribution in [2.45, 2.75) is 72.3 Å². The number of rotatable bonds is 11. The van der Waals surface area contributed by atoms with Crippen LogP contribution in [0.15, 0.2) is 0 Å². The Balaban J connectivity index is 3.71. The van der Waals surface area contributed by atoms with Gasteiger partial charge in [0.1, 0.15) is 0 Å². The van der Waals surface area contributed by atoms with Crippen molar-refractivity contribution in [1.82, 2.24) is 10.6 Å². The molecule has 0 aromatic heterocycles. The number of carboxylic acid groups (broad SMARTS) is 1. The normalized spacial score (nSPS) is 12.5. The Kier molecular flexibility index (Phi) is 10.7. The van der Waals surface area contributed by atoms with Crippen LogP contribution in [0, 0.1) is 11.8 Å². The van der Waals surface area contributed by atoms with E-state index >= 15 is 0 Å². The number of unbranched alkanes of at least 4 members (excludes halogenated alkanes) is 3. The molecule has 0 spiro atoms. The summed E-state index contributed by atoms with van der Waals surface area (Å²) < 4.78 is 0. The molecular formula is C16H32N2O3. The summed E-state index contributed by atoms with van der Waals surface area (Å²) in [5.41, 5.74) is 0. The molecule has 21 heavy (non-hydrogen) atoms. The van der Waals surface area contributed by atoms with Gasteiger partial charge >= 0.3 is 12.0 Å². The number of carbonyl (C=O) groups excluding carboxylic acids is 1. The van der Waals surface area contributed by atoms with Crippen molar-refractivity contribution in [2.24, 2.45) is 11.8 Å². The first kappa shape index (κ1) is 19.7. The molecule has 5 heteroatoms. The van der Waals surface area contributed by atoms with E-state index in [1.807, 2.05) is 13.8 Å². The number of nitrogens with one attached hydrogen (secondary N) is 2. The Labute approximate surface area is 128 Å². The van der Waals surface area contributed by atoms with Gasteiger partial charge in [-0.3, -0.25) is 4.79 Å². The van der Waals surface area contributed by atoms with Crippen LogP contribution >= 0.6 is 0 Å². The van der Waals surface area contributed by atoms with E-state index in [0.29, 0.717) is 6.54 Å². The average molecular weight is 300 g/mol. The quantitative estimate of drug-likeness (QED) is 0.512. The predicted molar refractivity (Wildman–Crippen MR) is 85.3 cm³/mol. The number of aliphatic carboxylic acids is 1. The van der Waals surface area contributed by atoms with Crippen molar-refractivity contribution in [3.63, 3.8) is 0 Å². The van der Waals surface area contributed by atoms with Crippen LogP contribution in [-0.4, -0.2) is 29.7 Å². The van der Waals surface area contributed by atoms with E-state index in [-0.39, 0.29) is 24.4 Å². The maximum atomic E-state index is 11.7. The second-order valence-electron chi connectivity index (χ2n) is 6.45. The lowest BCUT2D eigenvalue weighted by molar-refractivity contribution is -0.137. The molecule has 0 rings (SSSR count). The van der Waals surface area contributed by atoms with Gasteiger partial charge in [-0.25, -0.2) is 4.79 Å². The number of hydrogen-bond donors (Lipinski definition) is 3. The fourth-order valence-electron chi connectivity index (χ4n) is 2.09. The Morgan fingerprint density at radius 1 is 1.00 bits per heavy atom. The Hall–Kier alpha value is -1.26. The summed E-state index contributed by atoms with van der Waals surface area (Å²) in [6.07, 6.45) is 5.76. The molecule has 0 aliphatic heterocycles. The fraction of sp³-hybridized carbons (Fsp3) is 0.875. The first-order valence-electron chi connectivity index (χ1n) is 8.09. The van der Waals surface area contributed by atoms with Crippen LogP contribution in [-0.2, 0) is 4.79 Å². The molecule has 124 valence electrons. The lowest BCUT2D eigenvalue weighted by Crippen LogP contribution is -2.45. The molecule has 5 nitrogen and oxygen atoms in total. The van der Waals surface area contributed by atoms with E-state index in [0.717, 1.165) is 18.8 Å². The van der Waals surface area contributed by atoms with E-state index in [2.05, 4.69) is 24.5 Å². The van der Waals surface area contributed by atoms with Crippen molar-refractivity contribution in [2.75, 3.05) is 6.54 Å². The van der Waals surface area contributed by atoms with Crippen molar-refractivity contribution < 1.29 is 14.7 Å². The largest absolute Gasteiger partial charge is 0.481 e. The topological polar surface area (TPSA) is 78.4 Å². The number of hydrogen-bond acceptors (Lipinski definition) is 2. The molecule has 0 bridgehead atoms. The summed E-state index contributed by atoms with van der Waals surface area (Å²) in [5.74, 6) is -0.0295. The summed E-state index contributed by atoms with van der Waals surface area (Å²) in [5, 5.41) is 14.3. The summed E-state index contributed by atoms with van der Waals surface area (Å²) in [6.45, 7) is 8.92. The van der Waals surface area contributed by atoms with Gasteiger partial charge in [-0.2, -0.15) is 0 Å². The summed E-state index contributed by atoms with van der Waals surface area (Å²) in [6, 6.07) is -0.592. The van der Waals surface area contributed by atoms with Crippen molar-refractivity contribution in [1.29, 1.82) is 0 Å². The van der Waals surface area contributed by atoms with Crippen LogP contribution in [0.2, 0.25) is 0 Å². The minimum atomic E-state index is -0.890. The van der Waals surface area contributed by atoms with Crippen molar-refractivity contribution in [3.05, 3.63) is 0 Å². The van der Waals surface area contributed by atoms with Gasteiger partial charge in [0.2, 0.25) is 0 Å². The minimum absolute atomic E-state index is 0.0414. The molecule has 0 aromatic carbocycles. The lowest BCUT2D eigenvalue weighted by atomic mass is 10.0. The maximum absolute atomic E-state index is 11.7. The predicted octanol–water partition coefficient (Wildman–Crippen LogP) is 3.39. The van der Waals surface area contributed by atoms with Gasteiger partial charge in [-0.05, 0) is 18.3 Å². The highest BCUT2D eigenvalue weighted by Crippen LogP contribution is 2.09. The van der Waals surface area contributed by atoms with Gasteiger partial charge in [0.15, 0.2) is 0 Å². The zero-order chi connectivity index (χ0) is 16.3. The van der Waals surface area contributed by atoms with Crippen LogP contribution in [0.5, 0.6) is 0 Å². The molecule has 0 saturated heterocycles. The fourth-order valence-corrected chi connectivity index (χ4v) is 2.09. The molecule has 0 fully saturated rings. The zero-order valence-electron chi connectivity index (χ0n) is 13.9. The first-order chi connectivity index (χ1) is 9.82. The molecule has 1 unspecified atom stereocenters. The van der Waals surface area contributed by atoms with Crippen LogP contribution in [0.25, 0.3) is 0 Å². The Morgan fingerprint density at radius 3 is 2.14 bits per heavy atom. The molecule has 0 heterocycles. The molecule has 1 atom stereocenters. The Morgan fingerprint density at radius 2 is 1.62 bits per heavy atom. The van der Waals surface area contributed by atoms with E-state index in [1.54, 1.807) is 0 Å². The van der Waals surface area contributed by atoms with Crippen molar-refractivity contribution >= 4 is 12.0 Å². The molecular weight excluding hydrogens is 268 g/mol. The second-order valence-corrected chi connectivity index (χ2v) is 6.45.